The van der Waals surface area contributed by atoms with Crippen molar-refractivity contribution >= 4 is 21.6 Å². The number of alkyl halides is 3. The molecule has 0 bridgehead atoms. The van der Waals surface area contributed by atoms with Gasteiger partial charge >= 0.3 is 6.18 Å². The highest BCUT2D eigenvalue weighted by atomic mass is 32.2. The summed E-state index contributed by atoms with van der Waals surface area (Å²) in [6.45, 7) is 5.35. The minimum atomic E-state index is -5.02. The number of hydrogen-bond donors (Lipinski definition) is 1. The molecule has 0 fully saturated rings. The molecule has 13 heteroatoms. The topological polar surface area (TPSA) is 97.2 Å². The van der Waals surface area contributed by atoms with Crippen molar-refractivity contribution in [3.63, 3.8) is 0 Å². The van der Waals surface area contributed by atoms with Crippen LogP contribution in [0.25, 0.3) is 5.69 Å². The number of aromatic nitrogens is 3. The molecular formula is C21H21F4N5O3S. The van der Waals surface area contributed by atoms with E-state index in [4.69, 9.17) is 0 Å². The number of halogens is 4. The predicted molar refractivity (Wildman–Crippen MR) is 116 cm³/mol. The summed E-state index contributed by atoms with van der Waals surface area (Å²) in [4.78, 5) is 12.6. The average molecular weight is 499 g/mol. The number of carbonyl (C=O) groups excluding carboxylic acids is 1. The van der Waals surface area contributed by atoms with Crippen molar-refractivity contribution in [2.75, 3.05) is 18.4 Å². The highest BCUT2D eigenvalue weighted by molar-refractivity contribution is 7.89. The van der Waals surface area contributed by atoms with Crippen LogP contribution in [0.1, 0.15) is 35.6 Å². The van der Waals surface area contributed by atoms with Gasteiger partial charge in [0.25, 0.3) is 5.91 Å². The van der Waals surface area contributed by atoms with E-state index in [1.54, 1.807) is 20.8 Å². The van der Waals surface area contributed by atoms with Crippen molar-refractivity contribution in [2.24, 2.45) is 0 Å². The number of amides is 1. The second-order valence-electron chi connectivity index (χ2n) is 7.20. The Hall–Kier alpha value is -3.32. The standard InChI is InChI=1S/C21H21F4N5O3S/c1-4-29(5-2)34(32,33)17-12-15(9-6-13(17)3)26-20(31)18-19(21(23,24)25)30(28-27-18)16-10-7-14(22)8-11-16/h6-12H,4-5H2,1-3H3,(H,26,31). The molecule has 0 saturated carbocycles. The van der Waals surface area contributed by atoms with Crippen LogP contribution >= 0.6 is 0 Å². The van der Waals surface area contributed by atoms with Gasteiger partial charge in [-0.15, -0.1) is 5.10 Å². The third-order valence-corrected chi connectivity index (χ3v) is 7.19. The zero-order valence-electron chi connectivity index (χ0n) is 18.4. The monoisotopic (exact) mass is 499 g/mol. The van der Waals surface area contributed by atoms with Gasteiger partial charge in [0.05, 0.1) is 10.6 Å². The Balaban J connectivity index is 2.00. The van der Waals surface area contributed by atoms with Gasteiger partial charge in [0.1, 0.15) is 5.82 Å². The molecule has 182 valence electrons. The van der Waals surface area contributed by atoms with E-state index < -0.39 is 39.3 Å². The van der Waals surface area contributed by atoms with E-state index in [-0.39, 0.29) is 29.4 Å². The molecule has 1 heterocycles. The zero-order valence-corrected chi connectivity index (χ0v) is 19.2. The Labute approximate surface area is 193 Å². The minimum absolute atomic E-state index is 0.0363. The molecule has 0 spiro atoms. The summed E-state index contributed by atoms with van der Waals surface area (Å²) in [5.74, 6) is -1.90. The average Bonchev–Trinajstić information content (AvgIpc) is 3.22. The summed E-state index contributed by atoms with van der Waals surface area (Å²) in [7, 11) is -3.88. The normalized spacial score (nSPS) is 12.2. The number of aryl methyl sites for hydroxylation is 1. The first-order valence-electron chi connectivity index (χ1n) is 10.1. The number of carbonyl (C=O) groups is 1. The minimum Gasteiger partial charge on any atom is -0.320 e. The molecule has 2 aromatic carbocycles. The number of sulfonamides is 1. The van der Waals surface area contributed by atoms with Gasteiger partial charge in [-0.3, -0.25) is 4.79 Å². The van der Waals surface area contributed by atoms with Crippen LogP contribution in [0.4, 0.5) is 23.2 Å². The van der Waals surface area contributed by atoms with Crippen molar-refractivity contribution < 1.29 is 30.8 Å². The molecule has 0 aliphatic heterocycles. The maximum atomic E-state index is 13.8. The number of benzene rings is 2. The zero-order chi connectivity index (χ0) is 25.3. The second kappa shape index (κ2) is 9.50. The molecule has 0 aliphatic carbocycles. The largest absolute Gasteiger partial charge is 0.435 e. The lowest BCUT2D eigenvalue weighted by atomic mass is 10.2. The third-order valence-electron chi connectivity index (χ3n) is 4.99. The van der Waals surface area contributed by atoms with Gasteiger partial charge in [-0.1, -0.05) is 25.1 Å². The van der Waals surface area contributed by atoms with Crippen molar-refractivity contribution in [3.05, 3.63) is 65.2 Å². The highest BCUT2D eigenvalue weighted by Crippen LogP contribution is 2.33. The Morgan fingerprint density at radius 3 is 2.26 bits per heavy atom. The van der Waals surface area contributed by atoms with Gasteiger partial charge in [0.15, 0.2) is 11.4 Å². The number of nitrogens with one attached hydrogen (secondary N) is 1. The number of rotatable bonds is 7. The van der Waals surface area contributed by atoms with Gasteiger partial charge in [0, 0.05) is 18.8 Å². The quantitative estimate of drug-likeness (QED) is 0.496. The molecule has 34 heavy (non-hydrogen) atoms. The van der Waals surface area contributed by atoms with E-state index in [2.05, 4.69) is 15.6 Å². The summed E-state index contributed by atoms with van der Waals surface area (Å²) < 4.78 is 82.0. The fourth-order valence-electron chi connectivity index (χ4n) is 3.30. The predicted octanol–water partition coefficient (Wildman–Crippen LogP) is 4.02. The lowest BCUT2D eigenvalue weighted by Gasteiger charge is -2.20. The van der Waals surface area contributed by atoms with E-state index in [1.165, 1.54) is 22.5 Å². The van der Waals surface area contributed by atoms with Crippen LogP contribution in [0.2, 0.25) is 0 Å². The first-order valence-corrected chi connectivity index (χ1v) is 11.5. The van der Waals surface area contributed by atoms with Gasteiger partial charge in [0.2, 0.25) is 10.0 Å². The van der Waals surface area contributed by atoms with Crippen LogP contribution in [0.5, 0.6) is 0 Å². The molecule has 1 aromatic heterocycles. The van der Waals surface area contributed by atoms with Crippen LogP contribution in [-0.2, 0) is 16.2 Å². The van der Waals surface area contributed by atoms with Gasteiger partial charge in [-0.2, -0.15) is 17.5 Å². The van der Waals surface area contributed by atoms with E-state index in [9.17, 15) is 30.8 Å². The third kappa shape index (κ3) is 4.94. The molecule has 0 saturated heterocycles. The molecule has 3 rings (SSSR count). The summed E-state index contributed by atoms with van der Waals surface area (Å²) in [5, 5.41) is 9.07. The number of nitrogens with zero attached hydrogens (tertiary/aromatic N) is 4. The Morgan fingerprint density at radius 1 is 1.09 bits per heavy atom. The fraction of sp³-hybridized carbons (Fsp3) is 0.286. The Bertz CT molecular complexity index is 1300. The van der Waals surface area contributed by atoms with Crippen molar-refractivity contribution in [1.82, 2.24) is 19.3 Å². The van der Waals surface area contributed by atoms with E-state index in [0.717, 1.165) is 24.3 Å². The summed E-state index contributed by atoms with van der Waals surface area (Å²) in [6.07, 6.45) is -5.02. The van der Waals surface area contributed by atoms with Crippen molar-refractivity contribution in [2.45, 2.75) is 31.8 Å². The first kappa shape index (κ1) is 25.3. The number of anilines is 1. The van der Waals surface area contributed by atoms with Gasteiger partial charge < -0.3 is 5.32 Å². The van der Waals surface area contributed by atoms with E-state index >= 15 is 0 Å². The molecule has 1 N–H and O–H groups in total. The van der Waals surface area contributed by atoms with Crippen LogP contribution in [0, 0.1) is 12.7 Å². The molecule has 3 aromatic rings. The summed E-state index contributed by atoms with van der Waals surface area (Å²) >= 11 is 0. The lowest BCUT2D eigenvalue weighted by Crippen LogP contribution is -2.31. The highest BCUT2D eigenvalue weighted by Gasteiger charge is 2.42. The van der Waals surface area contributed by atoms with Gasteiger partial charge in [-0.05, 0) is 48.9 Å². The molecule has 0 aliphatic rings. The van der Waals surface area contributed by atoms with E-state index in [0.29, 0.717) is 10.2 Å². The maximum absolute atomic E-state index is 13.8. The van der Waals surface area contributed by atoms with Crippen molar-refractivity contribution in [3.8, 4) is 5.69 Å². The SMILES string of the molecule is CCN(CC)S(=O)(=O)c1cc(NC(=O)c2nnn(-c3ccc(F)cc3)c2C(F)(F)F)ccc1C. The summed E-state index contributed by atoms with van der Waals surface area (Å²) in [6, 6.07) is 8.00. The van der Waals surface area contributed by atoms with Crippen molar-refractivity contribution in [1.29, 1.82) is 0 Å². The lowest BCUT2D eigenvalue weighted by molar-refractivity contribution is -0.143. The molecule has 1 amide bonds. The van der Waals surface area contributed by atoms with E-state index in [1.807, 2.05) is 0 Å². The fourth-order valence-corrected chi connectivity index (χ4v) is 5.01. The van der Waals surface area contributed by atoms with Crippen LogP contribution in [-0.4, -0.2) is 46.7 Å². The molecule has 0 unspecified atom stereocenters. The maximum Gasteiger partial charge on any atom is 0.435 e. The molecule has 8 nitrogen and oxygen atoms in total. The van der Waals surface area contributed by atoms with Crippen LogP contribution < -0.4 is 5.32 Å². The van der Waals surface area contributed by atoms with Crippen LogP contribution in [0.3, 0.4) is 0 Å². The number of hydrogen-bond acceptors (Lipinski definition) is 5. The smallest absolute Gasteiger partial charge is 0.320 e. The molecular weight excluding hydrogens is 478 g/mol. The molecule has 0 radical (unpaired) electrons. The summed E-state index contributed by atoms with van der Waals surface area (Å²) in [5.41, 5.74) is -2.26. The molecule has 0 atom stereocenters. The first-order chi connectivity index (χ1) is 15.9. The Morgan fingerprint density at radius 2 is 1.71 bits per heavy atom. The Kier molecular flexibility index (Phi) is 7.07. The van der Waals surface area contributed by atoms with Crippen LogP contribution in [0.15, 0.2) is 47.4 Å². The second-order valence-corrected chi connectivity index (χ2v) is 9.10. The van der Waals surface area contributed by atoms with Gasteiger partial charge in [-0.25, -0.2) is 17.5 Å².